The van der Waals surface area contributed by atoms with E-state index in [0.29, 0.717) is 12.8 Å². The van der Waals surface area contributed by atoms with Gasteiger partial charge in [0.2, 0.25) is 17.7 Å². The second kappa shape index (κ2) is 6.39. The summed E-state index contributed by atoms with van der Waals surface area (Å²) in [6.45, 7) is 1.53. The fourth-order valence-electron chi connectivity index (χ4n) is 2.34. The molecule has 1 heterocycles. The van der Waals surface area contributed by atoms with E-state index in [9.17, 15) is 14.4 Å². The molecule has 0 saturated heterocycles. The first kappa shape index (κ1) is 15.0. The van der Waals surface area contributed by atoms with Gasteiger partial charge in [-0.25, -0.2) is 0 Å². The molecular weight excluding hydrogens is 270 g/mol. The van der Waals surface area contributed by atoms with Crippen molar-refractivity contribution in [3.8, 4) is 0 Å². The summed E-state index contributed by atoms with van der Waals surface area (Å²) in [6, 6.07) is 6.94. The molecule has 1 aromatic carbocycles. The molecule has 21 heavy (non-hydrogen) atoms. The Balaban J connectivity index is 1.88. The maximum atomic E-state index is 12.0. The van der Waals surface area contributed by atoms with Gasteiger partial charge in [0.25, 0.3) is 0 Å². The van der Waals surface area contributed by atoms with E-state index in [1.54, 1.807) is 0 Å². The third-order valence-electron chi connectivity index (χ3n) is 3.64. The Bertz CT molecular complexity index is 571. The number of primary amides is 1. The molecule has 3 amide bonds. The number of hydrogen-bond acceptors (Lipinski definition) is 3. The Morgan fingerprint density at radius 1 is 1.43 bits per heavy atom. The number of carbonyl (C=O) groups is 3. The van der Waals surface area contributed by atoms with Crippen LogP contribution >= 0.6 is 0 Å². The molecule has 1 aliphatic rings. The molecule has 4 N–H and O–H groups in total. The number of para-hydroxylation sites is 1. The summed E-state index contributed by atoms with van der Waals surface area (Å²) in [4.78, 5) is 34.6. The molecule has 6 nitrogen and oxygen atoms in total. The molecule has 112 valence electrons. The van der Waals surface area contributed by atoms with E-state index in [-0.39, 0.29) is 24.2 Å². The number of anilines is 1. The normalized spacial score (nSPS) is 18.3. The summed E-state index contributed by atoms with van der Waals surface area (Å²) in [5.41, 5.74) is 7.00. The van der Waals surface area contributed by atoms with Gasteiger partial charge in [-0.2, -0.15) is 0 Å². The SMILES string of the molecule is CC(NC(=O)CCC1Cc2ccccc2NC1=O)C(N)=O. The van der Waals surface area contributed by atoms with Crippen molar-refractivity contribution in [1.82, 2.24) is 5.32 Å². The number of carbonyl (C=O) groups excluding carboxylic acids is 3. The first-order valence-electron chi connectivity index (χ1n) is 6.95. The molecule has 2 atom stereocenters. The monoisotopic (exact) mass is 289 g/mol. The van der Waals surface area contributed by atoms with Gasteiger partial charge in [0, 0.05) is 18.0 Å². The van der Waals surface area contributed by atoms with Crippen LogP contribution in [0.15, 0.2) is 24.3 Å². The average molecular weight is 289 g/mol. The number of benzene rings is 1. The van der Waals surface area contributed by atoms with Crippen LogP contribution < -0.4 is 16.4 Å². The molecule has 0 aromatic heterocycles. The second-order valence-corrected chi connectivity index (χ2v) is 5.28. The second-order valence-electron chi connectivity index (χ2n) is 5.28. The highest BCUT2D eigenvalue weighted by Gasteiger charge is 2.26. The highest BCUT2D eigenvalue weighted by molar-refractivity contribution is 5.96. The van der Waals surface area contributed by atoms with Crippen molar-refractivity contribution in [3.05, 3.63) is 29.8 Å². The Morgan fingerprint density at radius 3 is 2.86 bits per heavy atom. The largest absolute Gasteiger partial charge is 0.368 e. The highest BCUT2D eigenvalue weighted by Crippen LogP contribution is 2.27. The van der Waals surface area contributed by atoms with Crippen molar-refractivity contribution in [3.63, 3.8) is 0 Å². The van der Waals surface area contributed by atoms with Crippen LogP contribution in [0.5, 0.6) is 0 Å². The molecule has 0 radical (unpaired) electrons. The van der Waals surface area contributed by atoms with E-state index in [1.807, 2.05) is 24.3 Å². The van der Waals surface area contributed by atoms with Crippen LogP contribution in [0.25, 0.3) is 0 Å². The van der Waals surface area contributed by atoms with Crippen LogP contribution in [0.1, 0.15) is 25.3 Å². The minimum Gasteiger partial charge on any atom is -0.368 e. The summed E-state index contributed by atoms with van der Waals surface area (Å²) in [6.07, 6.45) is 1.26. The molecule has 6 heteroatoms. The van der Waals surface area contributed by atoms with Gasteiger partial charge in [-0.15, -0.1) is 0 Å². The lowest BCUT2D eigenvalue weighted by Gasteiger charge is -2.24. The maximum Gasteiger partial charge on any atom is 0.239 e. The Hall–Kier alpha value is -2.37. The van der Waals surface area contributed by atoms with E-state index >= 15 is 0 Å². The van der Waals surface area contributed by atoms with Crippen molar-refractivity contribution < 1.29 is 14.4 Å². The zero-order chi connectivity index (χ0) is 15.4. The third-order valence-corrected chi connectivity index (χ3v) is 3.64. The standard InChI is InChI=1S/C15H19N3O3/c1-9(14(16)20)17-13(19)7-6-11-8-10-4-2-3-5-12(10)18-15(11)21/h2-5,9,11H,6-8H2,1H3,(H2,16,20)(H,17,19)(H,18,21). The number of nitrogens with two attached hydrogens (primary N) is 1. The lowest BCUT2D eigenvalue weighted by Crippen LogP contribution is -2.42. The van der Waals surface area contributed by atoms with Gasteiger partial charge in [0.15, 0.2) is 0 Å². The van der Waals surface area contributed by atoms with Crippen molar-refractivity contribution in [2.75, 3.05) is 5.32 Å². The van der Waals surface area contributed by atoms with Gasteiger partial charge < -0.3 is 16.4 Å². The van der Waals surface area contributed by atoms with E-state index in [4.69, 9.17) is 5.73 Å². The maximum absolute atomic E-state index is 12.0. The molecule has 2 rings (SSSR count). The molecule has 2 unspecified atom stereocenters. The summed E-state index contributed by atoms with van der Waals surface area (Å²) in [5.74, 6) is -1.14. The van der Waals surface area contributed by atoms with Crippen molar-refractivity contribution in [2.45, 2.75) is 32.2 Å². The zero-order valence-corrected chi connectivity index (χ0v) is 11.9. The van der Waals surface area contributed by atoms with Gasteiger partial charge in [-0.3, -0.25) is 14.4 Å². The van der Waals surface area contributed by atoms with E-state index in [2.05, 4.69) is 10.6 Å². The Labute approximate surface area is 123 Å². The lowest BCUT2D eigenvalue weighted by molar-refractivity contribution is -0.127. The summed E-state index contributed by atoms with van der Waals surface area (Å²) in [7, 11) is 0. The summed E-state index contributed by atoms with van der Waals surface area (Å²) in [5, 5.41) is 5.36. The lowest BCUT2D eigenvalue weighted by atomic mass is 9.89. The van der Waals surface area contributed by atoms with Crippen molar-refractivity contribution in [1.29, 1.82) is 0 Å². The van der Waals surface area contributed by atoms with Gasteiger partial charge >= 0.3 is 0 Å². The van der Waals surface area contributed by atoms with Gasteiger partial charge in [0.1, 0.15) is 6.04 Å². The van der Waals surface area contributed by atoms with Crippen LogP contribution in [0.4, 0.5) is 5.69 Å². The average Bonchev–Trinajstić information content (AvgIpc) is 2.44. The quantitative estimate of drug-likeness (QED) is 0.738. The molecular formula is C15H19N3O3. The van der Waals surface area contributed by atoms with Crippen molar-refractivity contribution >= 4 is 23.4 Å². The predicted octanol–water partition coefficient (Wildman–Crippen LogP) is 0.568. The minimum atomic E-state index is -0.696. The number of fused-ring (bicyclic) bond motifs is 1. The summed E-state index contributed by atoms with van der Waals surface area (Å²) >= 11 is 0. The molecule has 1 aliphatic heterocycles. The topological polar surface area (TPSA) is 101 Å². The van der Waals surface area contributed by atoms with Crippen LogP contribution in [0.2, 0.25) is 0 Å². The van der Waals surface area contributed by atoms with Crippen LogP contribution in [-0.2, 0) is 20.8 Å². The highest BCUT2D eigenvalue weighted by atomic mass is 16.2. The van der Waals surface area contributed by atoms with Crippen molar-refractivity contribution in [2.24, 2.45) is 11.7 Å². The van der Waals surface area contributed by atoms with Crippen LogP contribution in [0.3, 0.4) is 0 Å². The van der Waals surface area contributed by atoms with Crippen LogP contribution in [0, 0.1) is 5.92 Å². The zero-order valence-electron chi connectivity index (χ0n) is 11.9. The van der Waals surface area contributed by atoms with Gasteiger partial charge in [-0.05, 0) is 31.4 Å². The molecule has 0 fully saturated rings. The third kappa shape index (κ3) is 3.81. The predicted molar refractivity (Wildman–Crippen MR) is 78.3 cm³/mol. The van der Waals surface area contributed by atoms with E-state index < -0.39 is 11.9 Å². The van der Waals surface area contributed by atoms with E-state index in [1.165, 1.54) is 6.92 Å². The number of rotatable bonds is 5. The first-order valence-corrected chi connectivity index (χ1v) is 6.95. The van der Waals surface area contributed by atoms with Crippen LogP contribution in [-0.4, -0.2) is 23.8 Å². The smallest absolute Gasteiger partial charge is 0.239 e. The number of hydrogen-bond donors (Lipinski definition) is 3. The minimum absolute atomic E-state index is 0.0653. The molecule has 1 aromatic rings. The van der Waals surface area contributed by atoms with E-state index in [0.717, 1.165) is 11.3 Å². The number of amides is 3. The van der Waals surface area contributed by atoms with Gasteiger partial charge in [0.05, 0.1) is 0 Å². The molecule has 0 saturated carbocycles. The van der Waals surface area contributed by atoms with Gasteiger partial charge in [-0.1, -0.05) is 18.2 Å². The Kier molecular flexibility index (Phi) is 4.57. The Morgan fingerprint density at radius 2 is 2.14 bits per heavy atom. The fraction of sp³-hybridized carbons (Fsp3) is 0.400. The first-order chi connectivity index (χ1) is 9.97. The molecule has 0 spiro atoms. The molecule has 0 bridgehead atoms. The molecule has 0 aliphatic carbocycles. The number of nitrogens with one attached hydrogen (secondary N) is 2. The summed E-state index contributed by atoms with van der Waals surface area (Å²) < 4.78 is 0. The fourth-order valence-corrected chi connectivity index (χ4v) is 2.34.